The van der Waals surface area contributed by atoms with Crippen LogP contribution in [0.4, 0.5) is 0 Å². The molecule has 2 atom stereocenters. The fourth-order valence-corrected chi connectivity index (χ4v) is 2.00. The first kappa shape index (κ1) is 14.7. The third-order valence-corrected chi connectivity index (χ3v) is 2.74. The summed E-state index contributed by atoms with van der Waals surface area (Å²) < 4.78 is 4.93. The Hall–Kier alpha value is -0.320. The van der Waals surface area contributed by atoms with Crippen molar-refractivity contribution < 1.29 is 14.6 Å². The zero-order valence-corrected chi connectivity index (χ0v) is 10.1. The number of carboxylic acid groups (broad SMARTS) is 1. The number of ether oxygens (including phenoxy) is 1. The van der Waals surface area contributed by atoms with E-state index in [1.54, 1.807) is 7.11 Å². The molecule has 0 radical (unpaired) electrons. The summed E-state index contributed by atoms with van der Waals surface area (Å²) in [4.78, 5) is 13.0. The molecule has 0 spiro atoms. The van der Waals surface area contributed by atoms with Gasteiger partial charge in [0.25, 0.3) is 0 Å². The molecule has 1 rings (SSSR count). The molecule has 5 heteroatoms. The molecule has 0 aliphatic carbocycles. The number of piperidine rings is 1. The van der Waals surface area contributed by atoms with Crippen molar-refractivity contribution in [3.8, 4) is 0 Å². The number of carboxylic acids is 1. The summed E-state index contributed by atoms with van der Waals surface area (Å²) in [5.74, 6) is -0.177. The molecule has 2 unspecified atom stereocenters. The Kier molecular flexibility index (Phi) is 6.89. The Morgan fingerprint density at radius 1 is 1.67 bits per heavy atom. The molecular weight excluding hydrogens is 218 g/mol. The molecule has 4 nitrogen and oxygen atoms in total. The lowest BCUT2D eigenvalue weighted by atomic mass is 9.99. The molecule has 0 aromatic rings. The lowest BCUT2D eigenvalue weighted by molar-refractivity contribution is -0.146. The Morgan fingerprint density at radius 3 is 2.80 bits per heavy atom. The normalized spacial score (nSPS) is 24.3. The van der Waals surface area contributed by atoms with Gasteiger partial charge in [-0.2, -0.15) is 0 Å². The van der Waals surface area contributed by atoms with E-state index in [0.717, 1.165) is 19.5 Å². The van der Waals surface area contributed by atoms with E-state index in [1.165, 1.54) is 6.42 Å². The van der Waals surface area contributed by atoms with E-state index in [2.05, 4.69) is 6.92 Å². The molecule has 0 amide bonds. The molecule has 0 saturated carbocycles. The van der Waals surface area contributed by atoms with Crippen molar-refractivity contribution in [2.24, 2.45) is 5.92 Å². The summed E-state index contributed by atoms with van der Waals surface area (Å²) in [7, 11) is 1.54. The molecule has 1 aliphatic heterocycles. The van der Waals surface area contributed by atoms with Gasteiger partial charge >= 0.3 is 5.97 Å². The summed E-state index contributed by atoms with van der Waals surface area (Å²) in [6.45, 7) is 4.20. The van der Waals surface area contributed by atoms with Crippen molar-refractivity contribution in [3.63, 3.8) is 0 Å². The van der Waals surface area contributed by atoms with E-state index in [9.17, 15) is 4.79 Å². The van der Waals surface area contributed by atoms with Crippen LogP contribution in [0.3, 0.4) is 0 Å². The average Bonchev–Trinajstić information content (AvgIpc) is 2.13. The minimum Gasteiger partial charge on any atom is -0.480 e. The number of likely N-dealkylation sites (tertiary alicyclic amines) is 1. The number of nitrogens with zero attached hydrogens (tertiary/aromatic N) is 1. The molecule has 0 aromatic heterocycles. The Labute approximate surface area is 97.0 Å². The van der Waals surface area contributed by atoms with Crippen LogP contribution < -0.4 is 0 Å². The average molecular weight is 238 g/mol. The molecule has 1 fully saturated rings. The first-order valence-electron chi connectivity index (χ1n) is 5.11. The van der Waals surface area contributed by atoms with Crippen molar-refractivity contribution in [1.29, 1.82) is 0 Å². The van der Waals surface area contributed by atoms with Crippen molar-refractivity contribution in [1.82, 2.24) is 4.90 Å². The van der Waals surface area contributed by atoms with E-state index in [4.69, 9.17) is 9.84 Å². The van der Waals surface area contributed by atoms with Crippen LogP contribution in [0.5, 0.6) is 0 Å². The molecule has 1 heterocycles. The van der Waals surface area contributed by atoms with E-state index >= 15 is 0 Å². The highest BCUT2D eigenvalue weighted by molar-refractivity contribution is 5.85. The second kappa shape index (κ2) is 7.04. The van der Waals surface area contributed by atoms with Gasteiger partial charge in [-0.15, -0.1) is 12.4 Å². The minimum atomic E-state index is -0.777. The second-order valence-electron chi connectivity index (χ2n) is 4.05. The molecule has 1 saturated heterocycles. The van der Waals surface area contributed by atoms with Crippen LogP contribution >= 0.6 is 12.4 Å². The first-order valence-corrected chi connectivity index (χ1v) is 5.11. The molecule has 1 aliphatic rings. The summed E-state index contributed by atoms with van der Waals surface area (Å²) in [6.07, 6.45) is 2.30. The lowest BCUT2D eigenvalue weighted by Crippen LogP contribution is -2.48. The van der Waals surface area contributed by atoms with E-state index in [-0.39, 0.29) is 19.0 Å². The zero-order chi connectivity index (χ0) is 10.6. The Morgan fingerprint density at radius 2 is 2.33 bits per heavy atom. The summed E-state index contributed by atoms with van der Waals surface area (Å²) in [5, 5.41) is 9.02. The molecule has 15 heavy (non-hydrogen) atoms. The van der Waals surface area contributed by atoms with Gasteiger partial charge in [-0.25, -0.2) is 0 Å². The van der Waals surface area contributed by atoms with Gasteiger partial charge in [-0.3, -0.25) is 9.69 Å². The maximum atomic E-state index is 11.0. The number of carbonyl (C=O) groups is 1. The van der Waals surface area contributed by atoms with E-state index in [1.807, 2.05) is 4.90 Å². The van der Waals surface area contributed by atoms with Gasteiger partial charge < -0.3 is 9.84 Å². The predicted octanol–water partition coefficient (Wildman–Crippen LogP) is 1.24. The third-order valence-electron chi connectivity index (χ3n) is 2.74. The van der Waals surface area contributed by atoms with Crippen LogP contribution in [0.1, 0.15) is 19.8 Å². The van der Waals surface area contributed by atoms with Crippen molar-refractivity contribution in [2.45, 2.75) is 25.8 Å². The number of aliphatic carboxylic acids is 1. The smallest absolute Gasteiger partial charge is 0.323 e. The summed E-state index contributed by atoms with van der Waals surface area (Å²) in [5.41, 5.74) is 0. The number of hydrogen-bond donors (Lipinski definition) is 1. The fourth-order valence-electron chi connectivity index (χ4n) is 2.00. The first-order chi connectivity index (χ1) is 6.65. The van der Waals surface area contributed by atoms with Crippen LogP contribution in [0.25, 0.3) is 0 Å². The quantitative estimate of drug-likeness (QED) is 0.800. The zero-order valence-electron chi connectivity index (χ0n) is 9.31. The van der Waals surface area contributed by atoms with Crippen molar-refractivity contribution >= 4 is 18.4 Å². The fraction of sp³-hybridized carbons (Fsp3) is 0.900. The lowest BCUT2D eigenvalue weighted by Gasteiger charge is -2.34. The van der Waals surface area contributed by atoms with Gasteiger partial charge in [0.2, 0.25) is 0 Å². The Balaban J connectivity index is 0.00000196. The van der Waals surface area contributed by atoms with Gasteiger partial charge in [0, 0.05) is 13.7 Å². The van der Waals surface area contributed by atoms with Crippen molar-refractivity contribution in [2.75, 3.05) is 26.8 Å². The van der Waals surface area contributed by atoms with Gasteiger partial charge in [-0.1, -0.05) is 6.92 Å². The highest BCUT2D eigenvalue weighted by Gasteiger charge is 2.28. The maximum Gasteiger partial charge on any atom is 0.323 e. The highest BCUT2D eigenvalue weighted by Crippen LogP contribution is 2.17. The number of halogens is 1. The molecule has 0 bridgehead atoms. The van der Waals surface area contributed by atoms with Crippen LogP contribution in [-0.4, -0.2) is 48.8 Å². The molecule has 1 N–H and O–H groups in total. The largest absolute Gasteiger partial charge is 0.480 e. The minimum absolute atomic E-state index is 0. The standard InChI is InChI=1S/C10H19NO3.ClH/c1-8-4-3-5-11(6-8)9(7-14-2)10(12)13;/h8-9H,3-7H2,1-2H3,(H,12,13);1H. The van der Waals surface area contributed by atoms with Crippen LogP contribution in [0.15, 0.2) is 0 Å². The van der Waals surface area contributed by atoms with Crippen LogP contribution in [0.2, 0.25) is 0 Å². The molecular formula is C10H20ClNO3. The highest BCUT2D eigenvalue weighted by atomic mass is 35.5. The number of rotatable bonds is 4. The molecule has 90 valence electrons. The van der Waals surface area contributed by atoms with E-state index < -0.39 is 12.0 Å². The summed E-state index contributed by atoms with van der Waals surface area (Å²) in [6, 6.07) is -0.470. The predicted molar refractivity (Wildman–Crippen MR) is 60.5 cm³/mol. The Bertz CT molecular complexity index is 201. The number of methoxy groups -OCH3 is 1. The topological polar surface area (TPSA) is 49.8 Å². The van der Waals surface area contributed by atoms with Crippen molar-refractivity contribution in [3.05, 3.63) is 0 Å². The maximum absolute atomic E-state index is 11.0. The van der Waals surface area contributed by atoms with Gasteiger partial charge in [0.15, 0.2) is 0 Å². The monoisotopic (exact) mass is 237 g/mol. The van der Waals surface area contributed by atoms with Crippen LogP contribution in [0, 0.1) is 5.92 Å². The van der Waals surface area contributed by atoms with Gasteiger partial charge in [0.05, 0.1) is 6.61 Å². The second-order valence-corrected chi connectivity index (χ2v) is 4.05. The third kappa shape index (κ3) is 4.36. The summed E-state index contributed by atoms with van der Waals surface area (Å²) >= 11 is 0. The van der Waals surface area contributed by atoms with E-state index in [0.29, 0.717) is 5.92 Å². The van der Waals surface area contributed by atoms with Gasteiger partial charge in [-0.05, 0) is 25.3 Å². The SMILES string of the molecule is COCC(C(=O)O)N1CCCC(C)C1.Cl. The van der Waals surface area contributed by atoms with Crippen LogP contribution in [-0.2, 0) is 9.53 Å². The van der Waals surface area contributed by atoms with Gasteiger partial charge in [0.1, 0.15) is 6.04 Å². The molecule has 0 aromatic carbocycles. The number of hydrogen-bond acceptors (Lipinski definition) is 3.